The number of nitrogens with zero attached hydrogens (tertiary/aromatic N) is 3. The number of hydrogen-bond acceptors (Lipinski definition) is 3. The van der Waals surface area contributed by atoms with Crippen LogP contribution in [0.5, 0.6) is 0 Å². The van der Waals surface area contributed by atoms with Gasteiger partial charge in [-0.1, -0.05) is 6.92 Å². The van der Waals surface area contributed by atoms with Gasteiger partial charge in [-0.05, 0) is 52.0 Å². The third-order valence-corrected chi connectivity index (χ3v) is 5.43. The van der Waals surface area contributed by atoms with Gasteiger partial charge in [0.15, 0.2) is 0 Å². The normalized spacial score (nSPS) is 29.8. The molecule has 118 valence electrons. The molecule has 2 aliphatic rings. The third kappa shape index (κ3) is 2.88. The molecule has 0 aromatic carbocycles. The smallest absolute Gasteiger partial charge is 0.0625 e. The molecule has 1 aliphatic heterocycles. The lowest BCUT2D eigenvalue weighted by atomic mass is 9.86. The second-order valence-electron chi connectivity index (χ2n) is 7.83. The SMILES string of the molecule is CCc1cc(CN2CC(C)(C)NCC2(C)C2CC2)n(C)n1. The van der Waals surface area contributed by atoms with Crippen LogP contribution in [0.4, 0.5) is 0 Å². The fourth-order valence-corrected chi connectivity index (χ4v) is 3.68. The summed E-state index contributed by atoms with van der Waals surface area (Å²) in [6, 6.07) is 2.28. The van der Waals surface area contributed by atoms with Crippen molar-refractivity contribution in [2.45, 2.75) is 64.6 Å². The molecule has 1 aromatic heterocycles. The van der Waals surface area contributed by atoms with Crippen LogP contribution in [-0.4, -0.2) is 38.8 Å². The molecule has 1 aromatic rings. The first kappa shape index (κ1) is 15.0. The van der Waals surface area contributed by atoms with E-state index in [-0.39, 0.29) is 5.54 Å². The molecule has 4 heteroatoms. The van der Waals surface area contributed by atoms with Crippen LogP contribution in [0.15, 0.2) is 6.07 Å². The minimum absolute atomic E-state index is 0.195. The van der Waals surface area contributed by atoms with E-state index < -0.39 is 0 Å². The maximum atomic E-state index is 4.61. The summed E-state index contributed by atoms with van der Waals surface area (Å²) in [6.45, 7) is 12.5. The van der Waals surface area contributed by atoms with Crippen LogP contribution in [0.25, 0.3) is 0 Å². The Hall–Kier alpha value is -0.870. The number of aryl methyl sites for hydroxylation is 2. The highest BCUT2D eigenvalue weighted by Crippen LogP contribution is 2.45. The first-order chi connectivity index (χ1) is 9.84. The Labute approximate surface area is 128 Å². The second kappa shape index (κ2) is 5.10. The van der Waals surface area contributed by atoms with Crippen molar-refractivity contribution in [3.63, 3.8) is 0 Å². The molecule has 4 nitrogen and oxygen atoms in total. The fraction of sp³-hybridized carbons (Fsp3) is 0.824. The van der Waals surface area contributed by atoms with Gasteiger partial charge in [-0.3, -0.25) is 9.58 Å². The van der Waals surface area contributed by atoms with Gasteiger partial charge in [-0.25, -0.2) is 0 Å². The van der Waals surface area contributed by atoms with E-state index >= 15 is 0 Å². The number of rotatable bonds is 4. The topological polar surface area (TPSA) is 33.1 Å². The zero-order valence-corrected chi connectivity index (χ0v) is 14.2. The summed E-state index contributed by atoms with van der Waals surface area (Å²) in [5, 5.41) is 8.37. The van der Waals surface area contributed by atoms with Crippen molar-refractivity contribution in [3.05, 3.63) is 17.5 Å². The van der Waals surface area contributed by atoms with Crippen molar-refractivity contribution >= 4 is 0 Å². The minimum atomic E-state index is 0.195. The molecule has 0 spiro atoms. The van der Waals surface area contributed by atoms with Gasteiger partial charge in [0.1, 0.15) is 0 Å². The summed E-state index contributed by atoms with van der Waals surface area (Å²) in [5.41, 5.74) is 3.04. The Kier molecular flexibility index (Phi) is 3.65. The second-order valence-corrected chi connectivity index (χ2v) is 7.83. The van der Waals surface area contributed by atoms with Crippen LogP contribution in [0.2, 0.25) is 0 Å². The van der Waals surface area contributed by atoms with E-state index in [1.807, 2.05) is 0 Å². The van der Waals surface area contributed by atoms with E-state index in [1.165, 1.54) is 24.2 Å². The molecular formula is C17H30N4. The predicted octanol–water partition coefficient (Wildman–Crippen LogP) is 2.33. The molecule has 2 fully saturated rings. The molecular weight excluding hydrogens is 260 g/mol. The van der Waals surface area contributed by atoms with E-state index in [1.54, 1.807) is 0 Å². The van der Waals surface area contributed by atoms with Gasteiger partial charge in [-0.2, -0.15) is 5.10 Å². The van der Waals surface area contributed by atoms with Crippen LogP contribution >= 0.6 is 0 Å². The van der Waals surface area contributed by atoms with Crippen LogP contribution < -0.4 is 5.32 Å². The Bertz CT molecular complexity index is 515. The van der Waals surface area contributed by atoms with E-state index in [4.69, 9.17) is 0 Å². The van der Waals surface area contributed by atoms with E-state index in [0.29, 0.717) is 5.54 Å². The molecule has 0 amide bonds. The molecule has 1 saturated carbocycles. The molecule has 21 heavy (non-hydrogen) atoms. The molecule has 3 rings (SSSR count). The third-order valence-electron chi connectivity index (χ3n) is 5.43. The van der Waals surface area contributed by atoms with Crippen molar-refractivity contribution in [2.24, 2.45) is 13.0 Å². The van der Waals surface area contributed by atoms with Gasteiger partial charge in [0, 0.05) is 37.8 Å². The molecule has 1 unspecified atom stereocenters. The fourth-order valence-electron chi connectivity index (χ4n) is 3.68. The molecule has 2 heterocycles. The number of aromatic nitrogens is 2. The van der Waals surface area contributed by atoms with Crippen LogP contribution in [0.3, 0.4) is 0 Å². The van der Waals surface area contributed by atoms with Crippen molar-refractivity contribution in [3.8, 4) is 0 Å². The first-order valence-corrected chi connectivity index (χ1v) is 8.36. The molecule has 1 N–H and O–H groups in total. The molecule has 1 atom stereocenters. The van der Waals surface area contributed by atoms with Crippen molar-refractivity contribution in [1.29, 1.82) is 0 Å². The van der Waals surface area contributed by atoms with Crippen molar-refractivity contribution in [2.75, 3.05) is 13.1 Å². The van der Waals surface area contributed by atoms with E-state index in [0.717, 1.165) is 32.0 Å². The van der Waals surface area contributed by atoms with Gasteiger partial charge in [0.2, 0.25) is 0 Å². The summed E-state index contributed by atoms with van der Waals surface area (Å²) >= 11 is 0. The van der Waals surface area contributed by atoms with Gasteiger partial charge >= 0.3 is 0 Å². The maximum absolute atomic E-state index is 4.61. The molecule has 0 radical (unpaired) electrons. The summed E-state index contributed by atoms with van der Waals surface area (Å²) in [7, 11) is 2.08. The largest absolute Gasteiger partial charge is 0.309 e. The zero-order valence-electron chi connectivity index (χ0n) is 14.2. The monoisotopic (exact) mass is 290 g/mol. The minimum Gasteiger partial charge on any atom is -0.309 e. The Morgan fingerprint density at radius 2 is 2.05 bits per heavy atom. The Morgan fingerprint density at radius 3 is 2.62 bits per heavy atom. The van der Waals surface area contributed by atoms with Crippen LogP contribution in [0, 0.1) is 5.92 Å². The number of piperazine rings is 1. The highest BCUT2D eigenvalue weighted by Gasteiger charge is 2.49. The Morgan fingerprint density at radius 1 is 1.33 bits per heavy atom. The van der Waals surface area contributed by atoms with E-state index in [9.17, 15) is 0 Å². The standard InChI is InChI=1S/C17H30N4/c1-6-14-9-15(20(5)19-14)10-21-12-16(2,3)18-11-17(21,4)13-7-8-13/h9,13,18H,6-8,10-12H2,1-5H3. The number of hydrogen-bond donors (Lipinski definition) is 1. The average Bonchev–Trinajstić information content (AvgIpc) is 3.21. The quantitative estimate of drug-likeness (QED) is 0.924. The first-order valence-electron chi connectivity index (χ1n) is 8.36. The summed E-state index contributed by atoms with van der Waals surface area (Å²) in [6.07, 6.45) is 3.79. The highest BCUT2D eigenvalue weighted by molar-refractivity contribution is 5.14. The molecule has 1 saturated heterocycles. The lowest BCUT2D eigenvalue weighted by Gasteiger charge is -2.51. The van der Waals surface area contributed by atoms with Gasteiger partial charge < -0.3 is 5.32 Å². The zero-order chi connectivity index (χ0) is 15.3. The molecule has 0 bridgehead atoms. The van der Waals surface area contributed by atoms with Crippen molar-refractivity contribution in [1.82, 2.24) is 20.0 Å². The summed E-state index contributed by atoms with van der Waals surface area (Å²) in [4.78, 5) is 2.71. The predicted molar refractivity (Wildman–Crippen MR) is 86.2 cm³/mol. The van der Waals surface area contributed by atoms with Gasteiger partial charge in [0.25, 0.3) is 0 Å². The van der Waals surface area contributed by atoms with Crippen molar-refractivity contribution < 1.29 is 0 Å². The number of nitrogens with one attached hydrogen (secondary N) is 1. The lowest BCUT2D eigenvalue weighted by molar-refractivity contribution is 0.00356. The Balaban J connectivity index is 1.83. The highest BCUT2D eigenvalue weighted by atomic mass is 15.3. The average molecular weight is 290 g/mol. The summed E-state index contributed by atoms with van der Waals surface area (Å²) < 4.78 is 2.07. The lowest BCUT2D eigenvalue weighted by Crippen LogP contribution is -2.67. The van der Waals surface area contributed by atoms with Gasteiger partial charge in [-0.15, -0.1) is 0 Å². The van der Waals surface area contributed by atoms with Gasteiger partial charge in [0.05, 0.1) is 11.4 Å². The molecule has 1 aliphatic carbocycles. The van der Waals surface area contributed by atoms with E-state index in [2.05, 4.69) is 60.8 Å². The van der Waals surface area contributed by atoms with Crippen LogP contribution in [0.1, 0.15) is 51.9 Å². The summed E-state index contributed by atoms with van der Waals surface area (Å²) in [5.74, 6) is 0.861. The van der Waals surface area contributed by atoms with Crippen LogP contribution in [-0.2, 0) is 20.0 Å². The maximum Gasteiger partial charge on any atom is 0.0625 e.